The molecule has 4 nitrogen and oxygen atoms in total. The van der Waals surface area contributed by atoms with Gasteiger partial charge in [0, 0.05) is 23.1 Å². The minimum absolute atomic E-state index is 0.0872. The zero-order valence-corrected chi connectivity index (χ0v) is 16.4. The smallest absolute Gasteiger partial charge is 0.225 e. The van der Waals surface area contributed by atoms with Crippen molar-refractivity contribution in [1.29, 1.82) is 0 Å². The van der Waals surface area contributed by atoms with E-state index in [0.717, 1.165) is 0 Å². The average Bonchev–Trinajstić information content (AvgIpc) is 2.58. The van der Waals surface area contributed by atoms with Crippen LogP contribution >= 0.6 is 23.4 Å². The topological polar surface area (TPSA) is 47.6 Å². The van der Waals surface area contributed by atoms with Crippen LogP contribution in [-0.4, -0.2) is 25.9 Å². The van der Waals surface area contributed by atoms with Crippen LogP contribution in [0.25, 0.3) is 0 Å². The fourth-order valence-electron chi connectivity index (χ4n) is 2.24. The van der Waals surface area contributed by atoms with Crippen molar-refractivity contribution in [2.24, 2.45) is 0 Å². The Hall–Kier alpha value is -1.85. The van der Waals surface area contributed by atoms with Crippen LogP contribution in [0.5, 0.6) is 11.5 Å². The van der Waals surface area contributed by atoms with E-state index < -0.39 is 0 Å². The van der Waals surface area contributed by atoms with Crippen LogP contribution in [-0.2, 0) is 4.79 Å². The van der Waals surface area contributed by atoms with E-state index in [9.17, 15) is 4.79 Å². The van der Waals surface area contributed by atoms with Gasteiger partial charge in [0.25, 0.3) is 0 Å². The molecule has 0 fully saturated rings. The van der Waals surface area contributed by atoms with Gasteiger partial charge < -0.3 is 14.8 Å². The maximum absolute atomic E-state index is 12.2. The van der Waals surface area contributed by atoms with Gasteiger partial charge in [-0.25, -0.2) is 0 Å². The van der Waals surface area contributed by atoms with Crippen molar-refractivity contribution in [3.05, 3.63) is 46.5 Å². The predicted octanol–water partition coefficient (Wildman–Crippen LogP) is 5.09. The highest BCUT2D eigenvalue weighted by molar-refractivity contribution is 7.99. The van der Waals surface area contributed by atoms with E-state index in [-0.39, 0.29) is 5.91 Å². The van der Waals surface area contributed by atoms with Gasteiger partial charge in [0.2, 0.25) is 5.91 Å². The van der Waals surface area contributed by atoms with Gasteiger partial charge in [-0.15, -0.1) is 11.8 Å². The lowest BCUT2D eigenvalue weighted by molar-refractivity contribution is -0.115. The summed E-state index contributed by atoms with van der Waals surface area (Å²) in [5.41, 5.74) is 3.06. The monoisotopic (exact) mass is 379 g/mol. The zero-order chi connectivity index (χ0) is 18.4. The minimum Gasteiger partial charge on any atom is -0.495 e. The fourth-order valence-corrected chi connectivity index (χ4v) is 3.42. The first-order valence-corrected chi connectivity index (χ1v) is 9.22. The average molecular weight is 380 g/mol. The standard InChI is InChI=1S/C19H22ClNO3S/c1-12-5-6-14(9-13(12)2)25-8-7-19(22)21-16-10-15(20)17(23-3)11-18(16)24-4/h5-6,9-11H,7-8H2,1-4H3,(H,21,22). The third kappa shape index (κ3) is 5.31. The summed E-state index contributed by atoms with van der Waals surface area (Å²) in [6.07, 6.45) is 0.393. The van der Waals surface area contributed by atoms with Gasteiger partial charge >= 0.3 is 0 Å². The number of hydrogen-bond acceptors (Lipinski definition) is 4. The molecule has 0 aliphatic rings. The summed E-state index contributed by atoms with van der Waals surface area (Å²) in [5, 5.41) is 3.26. The minimum atomic E-state index is -0.0872. The Kier molecular flexibility index (Phi) is 7.02. The molecule has 2 aromatic carbocycles. The Bertz CT molecular complexity index is 765. The first kappa shape index (κ1) is 19.5. The summed E-state index contributed by atoms with van der Waals surface area (Å²) in [7, 11) is 3.07. The summed E-state index contributed by atoms with van der Waals surface area (Å²) in [6.45, 7) is 4.18. The van der Waals surface area contributed by atoms with E-state index >= 15 is 0 Å². The molecule has 2 rings (SSSR count). The quantitative estimate of drug-likeness (QED) is 0.680. The largest absolute Gasteiger partial charge is 0.495 e. The molecule has 0 spiro atoms. The highest BCUT2D eigenvalue weighted by Crippen LogP contribution is 2.36. The van der Waals surface area contributed by atoms with Gasteiger partial charge in [0.15, 0.2) is 0 Å². The summed E-state index contributed by atoms with van der Waals surface area (Å²) in [4.78, 5) is 13.4. The number of anilines is 1. The number of hydrogen-bond donors (Lipinski definition) is 1. The van der Waals surface area contributed by atoms with Crippen molar-refractivity contribution in [3.8, 4) is 11.5 Å². The molecule has 6 heteroatoms. The van der Waals surface area contributed by atoms with Crippen molar-refractivity contribution in [2.75, 3.05) is 25.3 Å². The number of thioether (sulfide) groups is 1. The molecule has 1 N–H and O–H groups in total. The first-order valence-electron chi connectivity index (χ1n) is 7.86. The van der Waals surface area contributed by atoms with Crippen molar-refractivity contribution >= 4 is 35.0 Å². The highest BCUT2D eigenvalue weighted by atomic mass is 35.5. The van der Waals surface area contributed by atoms with Crippen molar-refractivity contribution in [1.82, 2.24) is 0 Å². The number of halogens is 1. The first-order chi connectivity index (χ1) is 11.9. The molecule has 0 saturated carbocycles. The maximum Gasteiger partial charge on any atom is 0.225 e. The van der Waals surface area contributed by atoms with Crippen molar-refractivity contribution < 1.29 is 14.3 Å². The van der Waals surface area contributed by atoms with Gasteiger partial charge in [-0.1, -0.05) is 17.7 Å². The van der Waals surface area contributed by atoms with Crippen LogP contribution in [0.1, 0.15) is 17.5 Å². The Morgan fingerprint density at radius 1 is 1.08 bits per heavy atom. The molecule has 0 atom stereocenters. The van der Waals surface area contributed by atoms with Crippen LogP contribution in [0.4, 0.5) is 5.69 Å². The van der Waals surface area contributed by atoms with Crippen LogP contribution in [0.15, 0.2) is 35.2 Å². The molecule has 1 amide bonds. The molecule has 25 heavy (non-hydrogen) atoms. The Morgan fingerprint density at radius 3 is 2.44 bits per heavy atom. The molecule has 0 unspecified atom stereocenters. The Balaban J connectivity index is 1.93. The van der Waals surface area contributed by atoms with Gasteiger partial charge in [-0.3, -0.25) is 4.79 Å². The van der Waals surface area contributed by atoms with Gasteiger partial charge in [-0.2, -0.15) is 0 Å². The van der Waals surface area contributed by atoms with E-state index in [1.807, 2.05) is 0 Å². The third-order valence-corrected chi connectivity index (χ3v) is 5.12. The number of methoxy groups -OCH3 is 2. The molecule has 0 bridgehead atoms. The number of benzene rings is 2. The summed E-state index contributed by atoms with van der Waals surface area (Å²) in [6, 6.07) is 9.61. The van der Waals surface area contributed by atoms with E-state index in [1.54, 1.807) is 23.9 Å². The number of carbonyl (C=O) groups excluding carboxylic acids is 1. The van der Waals surface area contributed by atoms with Crippen LogP contribution in [0.2, 0.25) is 5.02 Å². The molecule has 0 aliphatic carbocycles. The molecular weight excluding hydrogens is 358 g/mol. The SMILES string of the molecule is COc1cc(OC)c(NC(=O)CCSc2ccc(C)c(C)c2)cc1Cl. The molecule has 0 radical (unpaired) electrons. The van der Waals surface area contributed by atoms with E-state index in [2.05, 4.69) is 37.4 Å². The van der Waals surface area contributed by atoms with Crippen LogP contribution in [0.3, 0.4) is 0 Å². The van der Waals surface area contributed by atoms with Crippen molar-refractivity contribution in [2.45, 2.75) is 25.2 Å². The van der Waals surface area contributed by atoms with Crippen molar-refractivity contribution in [3.63, 3.8) is 0 Å². The van der Waals surface area contributed by atoms with E-state index in [4.69, 9.17) is 21.1 Å². The lowest BCUT2D eigenvalue weighted by atomic mass is 10.1. The lowest BCUT2D eigenvalue weighted by Crippen LogP contribution is -2.13. The number of nitrogens with one attached hydrogen (secondary N) is 1. The third-order valence-electron chi connectivity index (χ3n) is 3.82. The highest BCUT2D eigenvalue weighted by Gasteiger charge is 2.12. The fraction of sp³-hybridized carbons (Fsp3) is 0.316. The number of rotatable bonds is 7. The van der Waals surface area contributed by atoms with E-state index in [0.29, 0.717) is 34.4 Å². The molecule has 0 aromatic heterocycles. The van der Waals surface area contributed by atoms with Gasteiger partial charge in [0.05, 0.1) is 24.9 Å². The molecule has 0 heterocycles. The summed E-state index contributed by atoms with van der Waals surface area (Å²) >= 11 is 7.78. The normalized spacial score (nSPS) is 10.4. The second-order valence-electron chi connectivity index (χ2n) is 5.58. The molecule has 134 valence electrons. The number of aryl methyl sites for hydroxylation is 2. The Morgan fingerprint density at radius 2 is 1.80 bits per heavy atom. The maximum atomic E-state index is 12.2. The number of ether oxygens (including phenoxy) is 2. The van der Waals surface area contributed by atoms with E-state index in [1.165, 1.54) is 30.2 Å². The summed E-state index contributed by atoms with van der Waals surface area (Å²) in [5.74, 6) is 1.62. The van der Waals surface area contributed by atoms with Crippen LogP contribution < -0.4 is 14.8 Å². The summed E-state index contributed by atoms with van der Waals surface area (Å²) < 4.78 is 10.4. The molecule has 0 aliphatic heterocycles. The number of carbonyl (C=O) groups is 1. The van der Waals surface area contributed by atoms with Gasteiger partial charge in [0.1, 0.15) is 11.5 Å². The van der Waals surface area contributed by atoms with Gasteiger partial charge in [-0.05, 0) is 43.2 Å². The lowest BCUT2D eigenvalue weighted by Gasteiger charge is -2.13. The molecule has 0 saturated heterocycles. The molecular formula is C19H22ClNO3S. The molecule has 2 aromatic rings. The second kappa shape index (κ2) is 9.02. The second-order valence-corrected chi connectivity index (χ2v) is 7.16. The predicted molar refractivity (Wildman–Crippen MR) is 104 cm³/mol. The zero-order valence-electron chi connectivity index (χ0n) is 14.8. The van der Waals surface area contributed by atoms with Crippen LogP contribution in [0, 0.1) is 13.8 Å². The Labute approximate surface area is 157 Å². The number of amides is 1.